The zero-order chi connectivity index (χ0) is 20.0. The van der Waals surface area contributed by atoms with Crippen LogP contribution < -0.4 is 9.47 Å². The molecule has 0 radical (unpaired) electrons. The molecular formula is C20H22ClNO5. The van der Waals surface area contributed by atoms with Crippen molar-refractivity contribution < 1.29 is 23.8 Å². The van der Waals surface area contributed by atoms with Gasteiger partial charge in [0.2, 0.25) is 0 Å². The third kappa shape index (κ3) is 5.14. The maximum Gasteiger partial charge on any atom is 0.339 e. The summed E-state index contributed by atoms with van der Waals surface area (Å²) in [4.78, 5) is 26.4. The van der Waals surface area contributed by atoms with E-state index in [1.54, 1.807) is 7.05 Å². The van der Waals surface area contributed by atoms with Crippen LogP contribution in [0.5, 0.6) is 11.5 Å². The van der Waals surface area contributed by atoms with Crippen molar-refractivity contribution in [3.8, 4) is 11.5 Å². The molecule has 144 valence electrons. The number of carbonyl (C=O) groups is 2. The third-order valence-corrected chi connectivity index (χ3v) is 4.22. The molecule has 0 N–H and O–H groups in total. The number of ether oxygens (including phenoxy) is 3. The molecule has 0 aliphatic rings. The van der Waals surface area contributed by atoms with Crippen molar-refractivity contribution in [2.24, 2.45) is 0 Å². The van der Waals surface area contributed by atoms with Crippen LogP contribution in [0.2, 0.25) is 5.02 Å². The Balaban J connectivity index is 2.06. The van der Waals surface area contributed by atoms with E-state index in [1.807, 2.05) is 30.3 Å². The van der Waals surface area contributed by atoms with Crippen molar-refractivity contribution in [2.75, 3.05) is 21.3 Å². The van der Waals surface area contributed by atoms with Gasteiger partial charge in [-0.2, -0.15) is 0 Å². The van der Waals surface area contributed by atoms with Crippen molar-refractivity contribution in [3.05, 3.63) is 58.6 Å². The second kappa shape index (κ2) is 9.28. The third-order valence-electron chi connectivity index (χ3n) is 3.94. The highest BCUT2D eigenvalue weighted by Gasteiger charge is 2.24. The molecule has 0 heterocycles. The van der Waals surface area contributed by atoms with Gasteiger partial charge in [-0.25, -0.2) is 4.79 Å². The van der Waals surface area contributed by atoms with E-state index in [2.05, 4.69) is 0 Å². The first kappa shape index (κ1) is 20.6. The van der Waals surface area contributed by atoms with Crippen LogP contribution >= 0.6 is 11.6 Å². The quantitative estimate of drug-likeness (QED) is 0.675. The number of benzene rings is 2. The number of carbonyl (C=O) groups excluding carboxylic acids is 2. The van der Waals surface area contributed by atoms with Crippen molar-refractivity contribution in [1.82, 2.24) is 4.90 Å². The zero-order valence-electron chi connectivity index (χ0n) is 15.7. The van der Waals surface area contributed by atoms with Crippen LogP contribution in [0.1, 0.15) is 22.8 Å². The fraction of sp³-hybridized carbons (Fsp3) is 0.300. The molecule has 0 saturated heterocycles. The van der Waals surface area contributed by atoms with Gasteiger partial charge in [0, 0.05) is 13.6 Å². The van der Waals surface area contributed by atoms with Crippen molar-refractivity contribution in [2.45, 2.75) is 19.6 Å². The molecule has 0 saturated carbocycles. The van der Waals surface area contributed by atoms with Gasteiger partial charge < -0.3 is 19.1 Å². The van der Waals surface area contributed by atoms with Gasteiger partial charge in [-0.15, -0.1) is 0 Å². The van der Waals surface area contributed by atoms with Crippen LogP contribution in [0.15, 0.2) is 42.5 Å². The molecule has 2 aromatic rings. The average molecular weight is 392 g/mol. The Morgan fingerprint density at radius 3 is 2.37 bits per heavy atom. The van der Waals surface area contributed by atoms with Gasteiger partial charge in [0.15, 0.2) is 17.6 Å². The summed E-state index contributed by atoms with van der Waals surface area (Å²) in [6.07, 6.45) is -0.946. The SMILES string of the molecule is COc1cc(C(=O)O[C@@H](C)C(=O)N(C)Cc2ccccc2)cc(Cl)c1OC. The summed E-state index contributed by atoms with van der Waals surface area (Å²) in [5.41, 5.74) is 1.15. The number of likely N-dealkylation sites (N-methyl/N-ethyl adjacent to an activating group) is 1. The number of methoxy groups -OCH3 is 2. The van der Waals surface area contributed by atoms with E-state index in [1.165, 1.54) is 38.2 Å². The van der Waals surface area contributed by atoms with Crippen LogP contribution in [0.25, 0.3) is 0 Å². The highest BCUT2D eigenvalue weighted by Crippen LogP contribution is 2.36. The van der Waals surface area contributed by atoms with E-state index < -0.39 is 12.1 Å². The number of amides is 1. The molecule has 6 nitrogen and oxygen atoms in total. The lowest BCUT2D eigenvalue weighted by Crippen LogP contribution is -2.37. The second-order valence-electron chi connectivity index (χ2n) is 5.92. The molecule has 0 unspecified atom stereocenters. The van der Waals surface area contributed by atoms with Crippen molar-refractivity contribution in [1.29, 1.82) is 0 Å². The van der Waals surface area contributed by atoms with Gasteiger partial charge in [-0.1, -0.05) is 41.9 Å². The molecule has 0 aliphatic carbocycles. The normalized spacial score (nSPS) is 11.4. The predicted molar refractivity (Wildman–Crippen MR) is 102 cm³/mol. The minimum Gasteiger partial charge on any atom is -0.493 e. The topological polar surface area (TPSA) is 65.1 Å². The van der Waals surface area contributed by atoms with Gasteiger partial charge in [-0.05, 0) is 24.6 Å². The highest BCUT2D eigenvalue weighted by atomic mass is 35.5. The summed E-state index contributed by atoms with van der Waals surface area (Å²) in [5, 5.41) is 0.212. The molecule has 7 heteroatoms. The maximum atomic E-state index is 12.5. The van der Waals surface area contributed by atoms with E-state index in [9.17, 15) is 9.59 Å². The Morgan fingerprint density at radius 2 is 1.78 bits per heavy atom. The maximum absolute atomic E-state index is 12.5. The lowest BCUT2D eigenvalue weighted by Gasteiger charge is -2.21. The smallest absolute Gasteiger partial charge is 0.339 e. The molecule has 0 aliphatic heterocycles. The Hall–Kier alpha value is -2.73. The number of esters is 1. The van der Waals surface area contributed by atoms with Gasteiger partial charge >= 0.3 is 5.97 Å². The second-order valence-corrected chi connectivity index (χ2v) is 6.33. The van der Waals surface area contributed by atoms with Crippen molar-refractivity contribution in [3.63, 3.8) is 0 Å². The number of hydrogen-bond acceptors (Lipinski definition) is 5. The Labute approximate surface area is 163 Å². The zero-order valence-corrected chi connectivity index (χ0v) is 16.4. The molecule has 0 bridgehead atoms. The molecule has 1 amide bonds. The van der Waals surface area contributed by atoms with Crippen LogP contribution in [0.4, 0.5) is 0 Å². The summed E-state index contributed by atoms with van der Waals surface area (Å²) >= 11 is 6.11. The van der Waals surface area contributed by atoms with Crippen LogP contribution in [0.3, 0.4) is 0 Å². The Kier molecular flexibility index (Phi) is 7.07. The lowest BCUT2D eigenvalue weighted by atomic mass is 10.2. The van der Waals surface area contributed by atoms with Crippen LogP contribution in [0, 0.1) is 0 Å². The number of rotatable bonds is 7. The first-order chi connectivity index (χ1) is 12.9. The van der Waals surface area contributed by atoms with E-state index >= 15 is 0 Å². The standard InChI is InChI=1S/C20H22ClNO5/c1-13(19(23)22(2)12-14-8-6-5-7-9-14)27-20(24)15-10-16(21)18(26-4)17(11-15)25-3/h5-11,13H,12H2,1-4H3/t13-/m0/s1. The first-order valence-corrected chi connectivity index (χ1v) is 8.66. The van der Waals surface area contributed by atoms with E-state index in [0.29, 0.717) is 18.0 Å². The van der Waals surface area contributed by atoms with Crippen molar-refractivity contribution >= 4 is 23.5 Å². The summed E-state index contributed by atoms with van der Waals surface area (Å²) in [6, 6.07) is 12.4. The molecule has 0 spiro atoms. The highest BCUT2D eigenvalue weighted by molar-refractivity contribution is 6.32. The number of hydrogen-bond donors (Lipinski definition) is 0. The molecule has 2 aromatic carbocycles. The number of halogens is 1. The van der Waals surface area contributed by atoms with Gasteiger partial charge in [-0.3, -0.25) is 4.79 Å². The minimum atomic E-state index is -0.946. The number of nitrogens with zero attached hydrogens (tertiary/aromatic N) is 1. The largest absolute Gasteiger partial charge is 0.493 e. The van der Waals surface area contributed by atoms with Gasteiger partial charge in [0.05, 0.1) is 24.8 Å². The lowest BCUT2D eigenvalue weighted by molar-refractivity contribution is -0.139. The molecule has 2 rings (SSSR count). The van der Waals surface area contributed by atoms with Crippen LogP contribution in [-0.4, -0.2) is 44.1 Å². The van der Waals surface area contributed by atoms with E-state index in [0.717, 1.165) is 5.56 Å². The first-order valence-electron chi connectivity index (χ1n) is 8.28. The summed E-state index contributed by atoms with van der Waals surface area (Å²) in [7, 11) is 4.55. The molecular weight excluding hydrogens is 370 g/mol. The van der Waals surface area contributed by atoms with E-state index in [4.69, 9.17) is 25.8 Å². The van der Waals surface area contributed by atoms with Gasteiger partial charge in [0.25, 0.3) is 5.91 Å². The Morgan fingerprint density at radius 1 is 1.11 bits per heavy atom. The molecule has 0 fully saturated rings. The molecule has 27 heavy (non-hydrogen) atoms. The summed E-state index contributed by atoms with van der Waals surface area (Å²) < 4.78 is 15.6. The average Bonchev–Trinajstić information content (AvgIpc) is 2.67. The molecule has 1 atom stereocenters. The minimum absolute atomic E-state index is 0.169. The van der Waals surface area contributed by atoms with Gasteiger partial charge in [0.1, 0.15) is 0 Å². The summed E-state index contributed by atoms with van der Waals surface area (Å²) in [5.74, 6) is -0.356. The monoisotopic (exact) mass is 391 g/mol. The van der Waals surface area contributed by atoms with Crippen LogP contribution in [-0.2, 0) is 16.1 Å². The molecule has 0 aromatic heterocycles. The van der Waals surface area contributed by atoms with E-state index in [-0.39, 0.29) is 16.5 Å². The summed E-state index contributed by atoms with van der Waals surface area (Å²) in [6.45, 7) is 1.95. The fourth-order valence-electron chi connectivity index (χ4n) is 2.56. The predicted octanol–water partition coefficient (Wildman–Crippen LogP) is 3.56. The Bertz CT molecular complexity index is 810. The fourth-order valence-corrected chi connectivity index (χ4v) is 2.85.